The maximum atomic E-state index is 13.3. The number of aromatic amines is 1. The fourth-order valence-corrected chi connectivity index (χ4v) is 4.96. The van der Waals surface area contributed by atoms with Crippen LogP contribution in [0.2, 0.25) is 0 Å². The van der Waals surface area contributed by atoms with Gasteiger partial charge < -0.3 is 20.5 Å². The van der Waals surface area contributed by atoms with Gasteiger partial charge in [-0.15, -0.1) is 0 Å². The van der Waals surface area contributed by atoms with Crippen LogP contribution in [0.5, 0.6) is 0 Å². The highest BCUT2D eigenvalue weighted by molar-refractivity contribution is 5.92. The van der Waals surface area contributed by atoms with Gasteiger partial charge in [-0.2, -0.15) is 5.10 Å². The van der Waals surface area contributed by atoms with E-state index >= 15 is 0 Å². The van der Waals surface area contributed by atoms with Gasteiger partial charge in [0.2, 0.25) is 0 Å². The molecule has 0 spiro atoms. The SMILES string of the molecule is Cc1cn2nc([C@@H]3CCCCN3C(=O)c3cnc(CC(C)F)[nH]3)cc2nc1N1CC[C@H](N)C1. The second-order valence-corrected chi connectivity index (χ2v) is 9.35. The Labute approximate surface area is 192 Å². The highest BCUT2D eigenvalue weighted by Gasteiger charge is 2.32. The number of piperidine rings is 1. The average molecular weight is 455 g/mol. The lowest BCUT2D eigenvalue weighted by Gasteiger charge is -2.34. The number of amides is 1. The van der Waals surface area contributed by atoms with E-state index in [9.17, 15) is 9.18 Å². The van der Waals surface area contributed by atoms with E-state index in [1.165, 1.54) is 13.1 Å². The summed E-state index contributed by atoms with van der Waals surface area (Å²) >= 11 is 0. The fourth-order valence-electron chi connectivity index (χ4n) is 4.96. The number of fused-ring (bicyclic) bond motifs is 1. The number of likely N-dealkylation sites (tertiary alicyclic amines) is 1. The maximum absolute atomic E-state index is 13.3. The van der Waals surface area contributed by atoms with Crippen molar-refractivity contribution in [2.24, 2.45) is 5.73 Å². The monoisotopic (exact) mass is 454 g/mol. The van der Waals surface area contributed by atoms with Gasteiger partial charge in [0.1, 0.15) is 23.5 Å². The van der Waals surface area contributed by atoms with Crippen molar-refractivity contribution >= 4 is 17.4 Å². The molecule has 0 aromatic carbocycles. The number of halogens is 1. The third kappa shape index (κ3) is 4.31. The van der Waals surface area contributed by atoms with Gasteiger partial charge >= 0.3 is 0 Å². The Kier molecular flexibility index (Phi) is 5.77. The second kappa shape index (κ2) is 8.74. The summed E-state index contributed by atoms with van der Waals surface area (Å²) in [6, 6.07) is 2.03. The maximum Gasteiger partial charge on any atom is 0.272 e. The van der Waals surface area contributed by atoms with Crippen molar-refractivity contribution in [3.8, 4) is 0 Å². The minimum Gasteiger partial charge on any atom is -0.355 e. The normalized spacial score (nSPS) is 22.3. The van der Waals surface area contributed by atoms with Gasteiger partial charge in [-0.3, -0.25) is 4.79 Å². The zero-order chi connectivity index (χ0) is 23.1. The highest BCUT2D eigenvalue weighted by Crippen LogP contribution is 2.32. The predicted molar refractivity (Wildman–Crippen MR) is 123 cm³/mol. The molecule has 2 fully saturated rings. The van der Waals surface area contributed by atoms with Gasteiger partial charge in [0.05, 0.1) is 17.9 Å². The van der Waals surface area contributed by atoms with Crippen molar-refractivity contribution in [2.45, 2.75) is 64.2 Å². The number of nitrogens with zero attached hydrogens (tertiary/aromatic N) is 6. The number of H-pyrrole nitrogens is 1. The van der Waals surface area contributed by atoms with Crippen LogP contribution in [0.25, 0.3) is 5.65 Å². The summed E-state index contributed by atoms with van der Waals surface area (Å²) in [5, 5.41) is 4.79. The van der Waals surface area contributed by atoms with Crippen molar-refractivity contribution in [3.63, 3.8) is 0 Å². The Bertz CT molecular complexity index is 1150. The van der Waals surface area contributed by atoms with E-state index in [-0.39, 0.29) is 24.4 Å². The molecule has 2 aliphatic heterocycles. The quantitative estimate of drug-likeness (QED) is 0.613. The van der Waals surface area contributed by atoms with Crippen LogP contribution < -0.4 is 10.6 Å². The molecule has 33 heavy (non-hydrogen) atoms. The number of hydrogen-bond acceptors (Lipinski definition) is 6. The van der Waals surface area contributed by atoms with Gasteiger partial charge in [-0.1, -0.05) is 0 Å². The van der Waals surface area contributed by atoms with E-state index < -0.39 is 6.17 Å². The molecule has 2 saturated heterocycles. The van der Waals surface area contributed by atoms with Crippen molar-refractivity contribution in [3.05, 3.63) is 41.2 Å². The summed E-state index contributed by atoms with van der Waals surface area (Å²) in [5.74, 6) is 1.31. The molecular weight excluding hydrogens is 423 g/mol. The molecule has 176 valence electrons. The first kappa shape index (κ1) is 21.8. The molecule has 2 aliphatic rings. The van der Waals surface area contributed by atoms with Gasteiger partial charge in [-0.25, -0.2) is 18.9 Å². The Morgan fingerprint density at radius 3 is 2.94 bits per heavy atom. The van der Waals surface area contributed by atoms with Crippen molar-refractivity contribution in [1.82, 2.24) is 29.5 Å². The van der Waals surface area contributed by atoms with E-state index in [4.69, 9.17) is 15.8 Å². The Balaban J connectivity index is 1.42. The lowest BCUT2D eigenvalue weighted by molar-refractivity contribution is 0.0600. The number of rotatable bonds is 5. The molecule has 9 nitrogen and oxygen atoms in total. The van der Waals surface area contributed by atoms with Crippen LogP contribution in [0.3, 0.4) is 0 Å². The number of hydrogen-bond donors (Lipinski definition) is 2. The fraction of sp³-hybridized carbons (Fsp3) is 0.565. The second-order valence-electron chi connectivity index (χ2n) is 9.35. The zero-order valence-electron chi connectivity index (χ0n) is 19.2. The summed E-state index contributed by atoms with van der Waals surface area (Å²) in [7, 11) is 0. The molecule has 1 unspecified atom stereocenters. The molecule has 3 atom stereocenters. The average Bonchev–Trinajstić information content (AvgIpc) is 3.52. The largest absolute Gasteiger partial charge is 0.355 e. The zero-order valence-corrected chi connectivity index (χ0v) is 19.2. The number of alkyl halides is 1. The van der Waals surface area contributed by atoms with E-state index in [1.807, 2.05) is 24.1 Å². The number of carbonyl (C=O) groups excluding carboxylic acids is 1. The first-order chi connectivity index (χ1) is 15.9. The van der Waals surface area contributed by atoms with Gasteiger partial charge in [0.15, 0.2) is 5.65 Å². The molecule has 0 aliphatic carbocycles. The third-order valence-corrected chi connectivity index (χ3v) is 6.59. The van der Waals surface area contributed by atoms with Crippen LogP contribution in [0.1, 0.15) is 66.2 Å². The molecule has 3 aromatic heterocycles. The summed E-state index contributed by atoms with van der Waals surface area (Å²) in [6.45, 7) is 5.88. The van der Waals surface area contributed by atoms with Crippen molar-refractivity contribution < 1.29 is 9.18 Å². The Morgan fingerprint density at radius 2 is 2.18 bits per heavy atom. The smallest absolute Gasteiger partial charge is 0.272 e. The number of aryl methyl sites for hydroxylation is 1. The van der Waals surface area contributed by atoms with E-state index in [0.717, 1.165) is 61.5 Å². The van der Waals surface area contributed by atoms with Gasteiger partial charge in [0.25, 0.3) is 5.91 Å². The number of imidazole rings is 1. The summed E-state index contributed by atoms with van der Waals surface area (Å²) in [5.41, 5.74) is 9.14. The lowest BCUT2D eigenvalue weighted by Crippen LogP contribution is -2.39. The summed E-state index contributed by atoms with van der Waals surface area (Å²) in [6.07, 6.45) is 6.43. The van der Waals surface area contributed by atoms with Crippen LogP contribution in [-0.2, 0) is 6.42 Å². The highest BCUT2D eigenvalue weighted by atomic mass is 19.1. The third-order valence-electron chi connectivity index (χ3n) is 6.59. The number of aromatic nitrogens is 5. The van der Waals surface area contributed by atoms with Crippen molar-refractivity contribution in [2.75, 3.05) is 24.5 Å². The van der Waals surface area contributed by atoms with E-state index in [1.54, 1.807) is 4.52 Å². The molecule has 10 heteroatoms. The predicted octanol–water partition coefficient (Wildman–Crippen LogP) is 2.57. The molecule has 0 bridgehead atoms. The first-order valence-electron chi connectivity index (χ1n) is 11.8. The van der Waals surface area contributed by atoms with Crippen LogP contribution in [0, 0.1) is 6.92 Å². The number of nitrogens with two attached hydrogens (primary N) is 1. The number of carbonyl (C=O) groups is 1. The van der Waals surface area contributed by atoms with Crippen LogP contribution >= 0.6 is 0 Å². The minimum absolute atomic E-state index is 0.127. The standard InChI is InChI=1S/C23H31FN8O/c1-14-12-32-21(28-22(14)30-8-6-16(25)13-30)10-17(29-32)19-5-3-4-7-31(19)23(33)18-11-26-20(27-18)9-15(2)24/h10-12,15-16,19H,3-9,13,25H2,1-2H3,(H,26,27)/t15?,16-,19-/m0/s1. The van der Waals surface area contributed by atoms with Gasteiger partial charge in [-0.05, 0) is 39.5 Å². The van der Waals surface area contributed by atoms with Crippen LogP contribution in [0.4, 0.5) is 10.2 Å². The topological polar surface area (TPSA) is 108 Å². The van der Waals surface area contributed by atoms with E-state index in [0.29, 0.717) is 18.1 Å². The van der Waals surface area contributed by atoms with Crippen molar-refractivity contribution in [1.29, 1.82) is 0 Å². The van der Waals surface area contributed by atoms with Gasteiger partial charge in [0, 0.05) is 49.9 Å². The molecule has 5 heterocycles. The molecule has 0 saturated carbocycles. The number of nitrogens with one attached hydrogen (secondary N) is 1. The molecule has 1 amide bonds. The van der Waals surface area contributed by atoms with Crippen LogP contribution in [0.15, 0.2) is 18.5 Å². The van der Waals surface area contributed by atoms with E-state index in [2.05, 4.69) is 14.9 Å². The number of anilines is 1. The molecule has 0 radical (unpaired) electrons. The molecular formula is C23H31FN8O. The minimum atomic E-state index is -1.02. The molecule has 5 rings (SSSR count). The summed E-state index contributed by atoms with van der Waals surface area (Å²) < 4.78 is 15.1. The van der Waals surface area contributed by atoms with Crippen LogP contribution in [-0.4, -0.2) is 67.2 Å². The molecule has 3 aromatic rings. The Morgan fingerprint density at radius 1 is 1.33 bits per heavy atom. The summed E-state index contributed by atoms with van der Waals surface area (Å²) in [4.78, 5) is 29.4. The lowest BCUT2D eigenvalue weighted by atomic mass is 9.99. The first-order valence-corrected chi connectivity index (χ1v) is 11.8. The Hall–Kier alpha value is -3.01. The molecule has 3 N–H and O–H groups in total.